The fraction of sp³-hybridized carbons (Fsp3) is 0.103. The van der Waals surface area contributed by atoms with Gasteiger partial charge in [0.05, 0.1) is 5.56 Å². The molecule has 9 nitrogen and oxygen atoms in total. The largest absolute Gasteiger partial charge is 0.457 e. The zero-order valence-corrected chi connectivity index (χ0v) is 20.3. The molecule has 0 amide bonds. The molecule has 0 fully saturated rings. The van der Waals surface area contributed by atoms with Crippen LogP contribution in [-0.4, -0.2) is 30.7 Å². The Hall–Kier alpha value is -5.18. The third-order valence-corrected chi connectivity index (χ3v) is 4.88. The fourth-order valence-electron chi connectivity index (χ4n) is 2.95. The van der Waals surface area contributed by atoms with Crippen LogP contribution in [-0.2, 0) is 25.5 Å². The van der Waals surface area contributed by atoms with Gasteiger partial charge in [0.2, 0.25) is 6.79 Å². The van der Waals surface area contributed by atoms with Crippen molar-refractivity contribution in [2.75, 3.05) is 6.79 Å². The van der Waals surface area contributed by atoms with Crippen molar-refractivity contribution in [2.24, 2.45) is 0 Å². The van der Waals surface area contributed by atoms with Gasteiger partial charge < -0.3 is 23.7 Å². The number of rotatable bonds is 12. The highest BCUT2D eigenvalue weighted by molar-refractivity contribution is 5.91. The summed E-state index contributed by atoms with van der Waals surface area (Å²) in [4.78, 5) is 46.8. The molecule has 38 heavy (non-hydrogen) atoms. The molecular formula is C29H24O9. The second kappa shape index (κ2) is 13.8. The summed E-state index contributed by atoms with van der Waals surface area (Å²) in [6, 6.07) is 18.9. The fourth-order valence-corrected chi connectivity index (χ4v) is 2.95. The Balaban J connectivity index is 1.43. The summed E-state index contributed by atoms with van der Waals surface area (Å²) in [5.41, 5.74) is 1.15. The van der Waals surface area contributed by atoms with Gasteiger partial charge in [-0.1, -0.05) is 25.3 Å². The average molecular weight is 517 g/mol. The second-order valence-corrected chi connectivity index (χ2v) is 7.56. The van der Waals surface area contributed by atoms with Crippen molar-refractivity contribution in [1.82, 2.24) is 0 Å². The molecule has 0 N–H and O–H groups in total. The molecule has 3 aromatic carbocycles. The molecule has 0 saturated carbocycles. The first kappa shape index (κ1) is 27.4. The van der Waals surface area contributed by atoms with E-state index in [4.69, 9.17) is 23.7 Å². The Morgan fingerprint density at radius 2 is 1.16 bits per heavy atom. The van der Waals surface area contributed by atoms with Crippen molar-refractivity contribution >= 4 is 23.9 Å². The van der Waals surface area contributed by atoms with Gasteiger partial charge in [-0.05, 0) is 72.6 Å². The number of aryl methyl sites for hydroxylation is 1. The SMILES string of the molecule is C=CC(=O)OCOc1ccc(C(=O)Oc2ccc(OC(=O)CCc3ccc(OC(=O)C=C)cc3)cc2)cc1. The van der Waals surface area contributed by atoms with Crippen molar-refractivity contribution in [3.8, 4) is 23.0 Å². The first-order valence-electron chi connectivity index (χ1n) is 11.3. The lowest BCUT2D eigenvalue weighted by atomic mass is 10.1. The maximum Gasteiger partial charge on any atom is 0.343 e. The van der Waals surface area contributed by atoms with Crippen molar-refractivity contribution in [2.45, 2.75) is 12.8 Å². The Labute approximate surface area is 218 Å². The Morgan fingerprint density at radius 3 is 1.76 bits per heavy atom. The lowest BCUT2D eigenvalue weighted by Crippen LogP contribution is -2.10. The molecule has 0 aromatic heterocycles. The molecule has 194 valence electrons. The second-order valence-electron chi connectivity index (χ2n) is 7.56. The van der Waals surface area contributed by atoms with Crippen LogP contribution in [0, 0.1) is 0 Å². The molecule has 0 saturated heterocycles. The lowest BCUT2D eigenvalue weighted by molar-refractivity contribution is -0.144. The van der Waals surface area contributed by atoms with Gasteiger partial charge in [-0.3, -0.25) is 4.79 Å². The van der Waals surface area contributed by atoms with E-state index in [2.05, 4.69) is 13.2 Å². The molecule has 0 unspecified atom stereocenters. The van der Waals surface area contributed by atoms with E-state index in [1.807, 2.05) is 0 Å². The number of carbonyl (C=O) groups is 4. The molecule has 0 heterocycles. The molecule has 0 radical (unpaired) electrons. The van der Waals surface area contributed by atoms with Gasteiger partial charge in [0, 0.05) is 18.6 Å². The molecule has 0 atom stereocenters. The van der Waals surface area contributed by atoms with E-state index in [0.29, 0.717) is 23.7 Å². The van der Waals surface area contributed by atoms with Crippen LogP contribution in [0.25, 0.3) is 0 Å². The molecule has 0 bridgehead atoms. The van der Waals surface area contributed by atoms with Crippen molar-refractivity contribution < 1.29 is 42.9 Å². The summed E-state index contributed by atoms with van der Waals surface area (Å²) in [5, 5.41) is 0. The van der Waals surface area contributed by atoms with Gasteiger partial charge in [-0.2, -0.15) is 0 Å². The predicted molar refractivity (Wildman–Crippen MR) is 136 cm³/mol. The minimum atomic E-state index is -0.608. The van der Waals surface area contributed by atoms with Gasteiger partial charge in [0.15, 0.2) is 0 Å². The van der Waals surface area contributed by atoms with Crippen LogP contribution in [0.15, 0.2) is 98.1 Å². The van der Waals surface area contributed by atoms with Crippen LogP contribution in [0.5, 0.6) is 23.0 Å². The normalized spacial score (nSPS) is 10.0. The van der Waals surface area contributed by atoms with Crippen LogP contribution in [0.2, 0.25) is 0 Å². The molecule has 0 aliphatic carbocycles. The number of benzene rings is 3. The first-order valence-corrected chi connectivity index (χ1v) is 11.3. The third kappa shape index (κ3) is 8.80. The van der Waals surface area contributed by atoms with Crippen molar-refractivity contribution in [3.05, 3.63) is 109 Å². The summed E-state index contributed by atoms with van der Waals surface area (Å²) >= 11 is 0. The summed E-state index contributed by atoms with van der Waals surface area (Å²) in [5.74, 6) is -0.823. The Kier molecular flexibility index (Phi) is 9.94. The summed E-state index contributed by atoms with van der Waals surface area (Å²) in [6.07, 6.45) is 2.67. The quantitative estimate of drug-likeness (QED) is 0.147. The van der Waals surface area contributed by atoms with Gasteiger partial charge in [0.25, 0.3) is 0 Å². The Bertz CT molecular complexity index is 1290. The maximum absolute atomic E-state index is 12.4. The smallest absolute Gasteiger partial charge is 0.343 e. The molecule has 0 spiro atoms. The number of ether oxygens (including phenoxy) is 5. The van der Waals surface area contributed by atoms with E-state index in [1.54, 1.807) is 24.3 Å². The zero-order chi connectivity index (χ0) is 27.3. The predicted octanol–water partition coefficient (Wildman–Crippen LogP) is 4.60. The summed E-state index contributed by atoms with van der Waals surface area (Å²) < 4.78 is 25.6. The summed E-state index contributed by atoms with van der Waals surface area (Å²) in [7, 11) is 0. The van der Waals surface area contributed by atoms with Gasteiger partial charge >= 0.3 is 23.9 Å². The van der Waals surface area contributed by atoms with Crippen LogP contribution in [0.4, 0.5) is 0 Å². The van der Waals surface area contributed by atoms with Gasteiger partial charge in [0.1, 0.15) is 23.0 Å². The standard InChI is InChI=1S/C29H24O9/c1-3-26(30)35-19-34-22-12-8-21(9-13-22)29(33)38-25-16-14-24(15-17-25)37-28(32)18-7-20-5-10-23(11-6-20)36-27(31)4-2/h3-6,8-17H,1-2,7,18-19H2. The maximum atomic E-state index is 12.4. The zero-order valence-electron chi connectivity index (χ0n) is 20.3. The summed E-state index contributed by atoms with van der Waals surface area (Å²) in [6.45, 7) is 6.34. The molecular weight excluding hydrogens is 492 g/mol. The number of esters is 4. The topological polar surface area (TPSA) is 114 Å². The number of carbonyl (C=O) groups excluding carboxylic acids is 4. The molecule has 0 aliphatic rings. The van der Waals surface area contributed by atoms with E-state index < -0.39 is 23.9 Å². The average Bonchev–Trinajstić information content (AvgIpc) is 2.93. The van der Waals surface area contributed by atoms with E-state index in [-0.39, 0.29) is 24.5 Å². The molecule has 0 aliphatic heterocycles. The minimum absolute atomic E-state index is 0.138. The van der Waals surface area contributed by atoms with E-state index in [1.165, 1.54) is 48.5 Å². The van der Waals surface area contributed by atoms with Crippen LogP contribution >= 0.6 is 0 Å². The van der Waals surface area contributed by atoms with E-state index in [9.17, 15) is 19.2 Å². The van der Waals surface area contributed by atoms with Gasteiger partial charge in [-0.25, -0.2) is 14.4 Å². The van der Waals surface area contributed by atoms with E-state index >= 15 is 0 Å². The number of hydrogen-bond donors (Lipinski definition) is 0. The highest BCUT2D eigenvalue weighted by atomic mass is 16.7. The van der Waals surface area contributed by atoms with Crippen LogP contribution < -0.4 is 18.9 Å². The molecule has 3 rings (SSSR count). The van der Waals surface area contributed by atoms with Crippen LogP contribution in [0.1, 0.15) is 22.3 Å². The van der Waals surface area contributed by atoms with Crippen LogP contribution in [0.3, 0.4) is 0 Å². The van der Waals surface area contributed by atoms with E-state index in [0.717, 1.165) is 17.7 Å². The third-order valence-electron chi connectivity index (χ3n) is 4.88. The molecule has 3 aromatic rings. The Morgan fingerprint density at radius 1 is 0.632 bits per heavy atom. The highest BCUT2D eigenvalue weighted by Crippen LogP contribution is 2.21. The van der Waals surface area contributed by atoms with Gasteiger partial charge in [-0.15, -0.1) is 0 Å². The molecule has 9 heteroatoms. The lowest BCUT2D eigenvalue weighted by Gasteiger charge is -2.08. The minimum Gasteiger partial charge on any atom is -0.457 e. The first-order chi connectivity index (χ1) is 18.4. The number of hydrogen-bond acceptors (Lipinski definition) is 9. The monoisotopic (exact) mass is 516 g/mol. The highest BCUT2D eigenvalue weighted by Gasteiger charge is 2.11. The van der Waals surface area contributed by atoms with Crippen molar-refractivity contribution in [1.29, 1.82) is 0 Å². The van der Waals surface area contributed by atoms with Crippen molar-refractivity contribution in [3.63, 3.8) is 0 Å².